The molecule has 0 bridgehead atoms. The summed E-state index contributed by atoms with van der Waals surface area (Å²) in [6.07, 6.45) is -0.783. The lowest BCUT2D eigenvalue weighted by molar-refractivity contribution is 0.0321. The zero-order valence-electron chi connectivity index (χ0n) is 10.1. The quantitative estimate of drug-likeness (QED) is 0.814. The van der Waals surface area contributed by atoms with Crippen LogP contribution in [0.4, 0.5) is 4.79 Å². The van der Waals surface area contributed by atoms with E-state index in [2.05, 4.69) is 0 Å². The fourth-order valence-corrected chi connectivity index (χ4v) is 2.13. The van der Waals surface area contributed by atoms with Crippen LogP contribution in [0.3, 0.4) is 0 Å². The lowest BCUT2D eigenvalue weighted by atomic mass is 10.2. The van der Waals surface area contributed by atoms with Gasteiger partial charge in [-0.2, -0.15) is 0 Å². The van der Waals surface area contributed by atoms with E-state index >= 15 is 0 Å². The van der Waals surface area contributed by atoms with Crippen molar-refractivity contribution < 1.29 is 19.4 Å². The Hall–Kier alpha value is -2.04. The van der Waals surface area contributed by atoms with Crippen molar-refractivity contribution in [2.45, 2.75) is 25.5 Å². The van der Waals surface area contributed by atoms with Gasteiger partial charge < -0.3 is 14.7 Å². The number of carboxylic acid groups (broad SMARTS) is 1. The number of hydrogen-bond acceptors (Lipinski definition) is 3. The molecular formula is C13H15NO4. The third-order valence-electron chi connectivity index (χ3n) is 3.07. The highest BCUT2D eigenvalue weighted by molar-refractivity contribution is 5.89. The average molecular weight is 249 g/mol. The minimum Gasteiger partial charge on any atom is -0.465 e. The number of hydrogen-bond donors (Lipinski definition) is 1. The van der Waals surface area contributed by atoms with Gasteiger partial charge in [-0.15, -0.1) is 0 Å². The number of benzene rings is 1. The number of carbonyl (C=O) groups excluding carboxylic acids is 1. The summed E-state index contributed by atoms with van der Waals surface area (Å²) in [5, 5.41) is 8.94. The first-order valence-electron chi connectivity index (χ1n) is 5.83. The van der Waals surface area contributed by atoms with Gasteiger partial charge in [0.15, 0.2) is 0 Å². The molecule has 0 radical (unpaired) electrons. The van der Waals surface area contributed by atoms with Gasteiger partial charge in [-0.05, 0) is 19.1 Å². The first-order chi connectivity index (χ1) is 8.58. The van der Waals surface area contributed by atoms with Crippen LogP contribution in [0.5, 0.6) is 0 Å². The van der Waals surface area contributed by atoms with Gasteiger partial charge >= 0.3 is 12.1 Å². The molecular weight excluding hydrogens is 234 g/mol. The Morgan fingerprint density at radius 2 is 2.00 bits per heavy atom. The van der Waals surface area contributed by atoms with Gasteiger partial charge in [-0.3, -0.25) is 0 Å². The Morgan fingerprint density at radius 1 is 1.33 bits per heavy atom. The van der Waals surface area contributed by atoms with Crippen LogP contribution in [0.15, 0.2) is 30.3 Å². The van der Waals surface area contributed by atoms with Gasteiger partial charge in [0.1, 0.15) is 6.10 Å². The van der Waals surface area contributed by atoms with Gasteiger partial charge in [0.05, 0.1) is 12.1 Å². The van der Waals surface area contributed by atoms with E-state index in [0.29, 0.717) is 12.0 Å². The Kier molecular flexibility index (Phi) is 3.50. The van der Waals surface area contributed by atoms with Gasteiger partial charge in [0.25, 0.3) is 0 Å². The molecule has 0 aromatic heterocycles. The van der Waals surface area contributed by atoms with Crippen molar-refractivity contribution in [1.29, 1.82) is 0 Å². The predicted molar refractivity (Wildman–Crippen MR) is 64.5 cm³/mol. The van der Waals surface area contributed by atoms with Gasteiger partial charge in [0.2, 0.25) is 0 Å². The maximum Gasteiger partial charge on any atom is 0.407 e. The number of amides is 1. The molecule has 5 nitrogen and oxygen atoms in total. The lowest BCUT2D eigenvalue weighted by Gasteiger charge is -2.16. The first kappa shape index (κ1) is 12.4. The minimum atomic E-state index is -0.972. The maximum atomic E-state index is 11.8. The molecule has 1 heterocycles. The smallest absolute Gasteiger partial charge is 0.407 e. The summed E-state index contributed by atoms with van der Waals surface area (Å²) < 4.78 is 5.30. The number of carbonyl (C=O) groups is 2. The number of likely N-dealkylation sites (tertiary alicyclic amines) is 1. The summed E-state index contributed by atoms with van der Waals surface area (Å²) in [6.45, 7) is 2.06. The van der Waals surface area contributed by atoms with E-state index in [-0.39, 0.29) is 18.7 Å². The molecule has 0 aliphatic carbocycles. The molecule has 1 saturated heterocycles. The van der Waals surface area contributed by atoms with Crippen molar-refractivity contribution in [1.82, 2.24) is 4.90 Å². The number of nitrogens with zero attached hydrogens (tertiary/aromatic N) is 1. The molecule has 5 heteroatoms. The SMILES string of the molecule is CC1CC(OC(=O)c2ccccc2)CN1C(=O)O. The molecule has 0 spiro atoms. The van der Waals surface area contributed by atoms with Crippen LogP contribution in [0, 0.1) is 0 Å². The molecule has 1 aromatic carbocycles. The molecule has 18 heavy (non-hydrogen) atoms. The summed E-state index contributed by atoms with van der Waals surface area (Å²) in [7, 11) is 0. The second-order valence-electron chi connectivity index (χ2n) is 4.41. The Labute approximate surface area is 105 Å². The normalized spacial score (nSPS) is 22.8. The monoisotopic (exact) mass is 249 g/mol. The van der Waals surface area contributed by atoms with E-state index in [4.69, 9.17) is 9.84 Å². The number of ether oxygens (including phenoxy) is 1. The van der Waals surface area contributed by atoms with Crippen LogP contribution in [0.2, 0.25) is 0 Å². The standard InChI is InChI=1S/C13H15NO4/c1-9-7-11(8-14(9)13(16)17)18-12(15)10-5-3-2-4-6-10/h2-6,9,11H,7-8H2,1H3,(H,16,17). The van der Waals surface area contributed by atoms with Gasteiger partial charge in [-0.25, -0.2) is 9.59 Å². The third kappa shape index (κ3) is 2.61. The van der Waals surface area contributed by atoms with Crippen molar-refractivity contribution in [2.24, 2.45) is 0 Å². The fourth-order valence-electron chi connectivity index (χ4n) is 2.13. The molecule has 96 valence electrons. The molecule has 1 N–H and O–H groups in total. The van der Waals surface area contributed by atoms with E-state index in [9.17, 15) is 9.59 Å². The topological polar surface area (TPSA) is 66.8 Å². The summed E-state index contributed by atoms with van der Waals surface area (Å²) in [6, 6.07) is 8.58. The number of rotatable bonds is 2. The van der Waals surface area contributed by atoms with E-state index in [1.54, 1.807) is 24.3 Å². The van der Waals surface area contributed by atoms with E-state index in [1.165, 1.54) is 4.90 Å². The highest BCUT2D eigenvalue weighted by Gasteiger charge is 2.34. The molecule has 1 aromatic rings. The largest absolute Gasteiger partial charge is 0.465 e. The third-order valence-corrected chi connectivity index (χ3v) is 3.07. The van der Waals surface area contributed by atoms with Crippen LogP contribution < -0.4 is 0 Å². The second kappa shape index (κ2) is 5.08. The van der Waals surface area contributed by atoms with E-state index in [0.717, 1.165) is 0 Å². The zero-order chi connectivity index (χ0) is 13.1. The molecule has 2 atom stereocenters. The van der Waals surface area contributed by atoms with Gasteiger partial charge in [0, 0.05) is 12.5 Å². The molecule has 0 saturated carbocycles. The van der Waals surface area contributed by atoms with Crippen molar-refractivity contribution in [3.8, 4) is 0 Å². The molecule has 1 fully saturated rings. The fraction of sp³-hybridized carbons (Fsp3) is 0.385. The Balaban J connectivity index is 1.96. The second-order valence-corrected chi connectivity index (χ2v) is 4.41. The van der Waals surface area contributed by atoms with Crippen LogP contribution >= 0.6 is 0 Å². The molecule has 2 unspecified atom stereocenters. The van der Waals surface area contributed by atoms with Crippen molar-refractivity contribution >= 4 is 12.1 Å². The van der Waals surface area contributed by atoms with Crippen molar-refractivity contribution in [3.63, 3.8) is 0 Å². The highest BCUT2D eigenvalue weighted by Crippen LogP contribution is 2.21. The van der Waals surface area contributed by atoms with Crippen molar-refractivity contribution in [2.75, 3.05) is 6.54 Å². The summed E-state index contributed by atoms with van der Waals surface area (Å²) in [4.78, 5) is 24.0. The van der Waals surface area contributed by atoms with E-state index < -0.39 is 12.1 Å². The summed E-state index contributed by atoms with van der Waals surface area (Å²) in [5.74, 6) is -0.403. The molecule has 1 amide bonds. The molecule has 2 rings (SSSR count). The minimum absolute atomic E-state index is 0.115. The predicted octanol–water partition coefficient (Wildman–Crippen LogP) is 1.98. The lowest BCUT2D eigenvalue weighted by Crippen LogP contribution is -2.33. The Bertz CT molecular complexity index is 446. The maximum absolute atomic E-state index is 11.8. The van der Waals surface area contributed by atoms with Crippen LogP contribution in [-0.2, 0) is 4.74 Å². The zero-order valence-corrected chi connectivity index (χ0v) is 10.1. The molecule has 1 aliphatic heterocycles. The summed E-state index contributed by atoms with van der Waals surface area (Å²) in [5.41, 5.74) is 0.485. The van der Waals surface area contributed by atoms with Crippen LogP contribution in [0.1, 0.15) is 23.7 Å². The van der Waals surface area contributed by atoms with Crippen LogP contribution in [0.25, 0.3) is 0 Å². The van der Waals surface area contributed by atoms with Gasteiger partial charge in [-0.1, -0.05) is 18.2 Å². The molecule has 1 aliphatic rings. The highest BCUT2D eigenvalue weighted by atomic mass is 16.5. The average Bonchev–Trinajstić information content (AvgIpc) is 2.71. The first-order valence-corrected chi connectivity index (χ1v) is 5.83. The van der Waals surface area contributed by atoms with E-state index in [1.807, 2.05) is 13.0 Å². The van der Waals surface area contributed by atoms with Crippen LogP contribution in [-0.4, -0.2) is 40.8 Å². The summed E-state index contributed by atoms with van der Waals surface area (Å²) >= 11 is 0. The number of esters is 1. The Morgan fingerprint density at radius 3 is 2.56 bits per heavy atom. The van der Waals surface area contributed by atoms with Crippen molar-refractivity contribution in [3.05, 3.63) is 35.9 Å².